The molecule has 1 saturated heterocycles. The van der Waals surface area contributed by atoms with Gasteiger partial charge in [0.05, 0.1) is 5.69 Å². The van der Waals surface area contributed by atoms with Gasteiger partial charge in [-0.05, 0) is 38.4 Å². The molecule has 0 spiro atoms. The van der Waals surface area contributed by atoms with Gasteiger partial charge in [-0.3, -0.25) is 9.59 Å². The molecule has 0 bridgehead atoms. The molecular weight excluding hydrogens is 354 g/mol. The maximum atomic E-state index is 13.2. The van der Waals surface area contributed by atoms with Crippen LogP contribution in [0.15, 0.2) is 30.3 Å². The quantitative estimate of drug-likeness (QED) is 0.815. The summed E-state index contributed by atoms with van der Waals surface area (Å²) < 4.78 is 1.98. The molecule has 2 aliphatic rings. The number of aromatic nitrogens is 2. The van der Waals surface area contributed by atoms with Crippen molar-refractivity contribution in [2.45, 2.75) is 25.8 Å². The third-order valence-corrected chi connectivity index (χ3v) is 5.75. The fourth-order valence-corrected chi connectivity index (χ4v) is 3.96. The van der Waals surface area contributed by atoms with Crippen LogP contribution in [0.3, 0.4) is 0 Å². The number of imidazole rings is 1. The summed E-state index contributed by atoms with van der Waals surface area (Å²) in [5, 5.41) is 0. The number of nitrogens with zero attached hydrogens (tertiary/aromatic N) is 5. The van der Waals surface area contributed by atoms with E-state index in [2.05, 4.69) is 16.9 Å². The number of likely N-dealkylation sites (N-methyl/N-ethyl adjacent to an activating group) is 1. The molecule has 0 radical (unpaired) electrons. The second-order valence-corrected chi connectivity index (χ2v) is 7.63. The van der Waals surface area contributed by atoms with E-state index in [-0.39, 0.29) is 11.8 Å². The van der Waals surface area contributed by atoms with E-state index in [1.54, 1.807) is 11.9 Å². The monoisotopic (exact) mass is 381 g/mol. The fourth-order valence-electron chi connectivity index (χ4n) is 3.96. The number of carbonyl (C=O) groups is 2. The molecule has 0 atom stereocenters. The first-order valence-corrected chi connectivity index (χ1v) is 9.96. The van der Waals surface area contributed by atoms with Crippen LogP contribution < -0.4 is 4.90 Å². The van der Waals surface area contributed by atoms with Crippen molar-refractivity contribution in [1.29, 1.82) is 0 Å². The lowest BCUT2D eigenvalue weighted by molar-refractivity contribution is 0.0645. The van der Waals surface area contributed by atoms with Crippen molar-refractivity contribution >= 4 is 17.5 Å². The van der Waals surface area contributed by atoms with Crippen LogP contribution in [0, 0.1) is 0 Å². The summed E-state index contributed by atoms with van der Waals surface area (Å²) >= 11 is 0. The van der Waals surface area contributed by atoms with Crippen molar-refractivity contribution in [2.24, 2.45) is 0 Å². The molecule has 0 N–H and O–H groups in total. The second kappa shape index (κ2) is 7.75. The summed E-state index contributed by atoms with van der Waals surface area (Å²) in [6.07, 6.45) is 2.81. The van der Waals surface area contributed by atoms with Crippen LogP contribution in [0.25, 0.3) is 0 Å². The molecule has 0 unspecified atom stereocenters. The standard InChI is InChI=1S/C21H27N5O2/c1-23-12-14-25(15-13-23)21(28)19-22-18(17-10-6-7-11-26(17)19)20(27)24(2)16-8-4-3-5-9-16/h3-5,8-9H,6-7,10-15H2,1-2H3. The maximum Gasteiger partial charge on any atom is 0.289 e. The second-order valence-electron chi connectivity index (χ2n) is 7.63. The highest BCUT2D eigenvalue weighted by Gasteiger charge is 2.32. The normalized spacial score (nSPS) is 17.3. The predicted octanol–water partition coefficient (Wildman–Crippen LogP) is 1.88. The topological polar surface area (TPSA) is 61.7 Å². The van der Waals surface area contributed by atoms with E-state index in [0.717, 1.165) is 50.3 Å². The van der Waals surface area contributed by atoms with Crippen LogP contribution in [0.5, 0.6) is 0 Å². The molecule has 28 heavy (non-hydrogen) atoms. The van der Waals surface area contributed by atoms with Gasteiger partial charge in [0, 0.05) is 45.5 Å². The molecule has 7 nitrogen and oxygen atoms in total. The molecule has 1 fully saturated rings. The molecule has 3 heterocycles. The van der Waals surface area contributed by atoms with Gasteiger partial charge < -0.3 is 19.3 Å². The van der Waals surface area contributed by atoms with Gasteiger partial charge in [0.15, 0.2) is 11.5 Å². The fraction of sp³-hybridized carbons (Fsp3) is 0.476. The number of benzene rings is 1. The molecule has 4 rings (SSSR count). The number of para-hydroxylation sites is 1. The lowest BCUT2D eigenvalue weighted by Crippen LogP contribution is -2.47. The highest BCUT2D eigenvalue weighted by molar-refractivity contribution is 6.06. The Morgan fingerprint density at radius 1 is 1.00 bits per heavy atom. The van der Waals surface area contributed by atoms with Crippen molar-refractivity contribution in [3.8, 4) is 0 Å². The highest BCUT2D eigenvalue weighted by Crippen LogP contribution is 2.24. The molecule has 1 aromatic heterocycles. The van der Waals surface area contributed by atoms with Crippen molar-refractivity contribution in [3.63, 3.8) is 0 Å². The van der Waals surface area contributed by atoms with Crippen LogP contribution >= 0.6 is 0 Å². The molecule has 7 heteroatoms. The van der Waals surface area contributed by atoms with E-state index in [1.165, 1.54) is 0 Å². The summed E-state index contributed by atoms with van der Waals surface area (Å²) in [4.78, 5) is 36.6. The van der Waals surface area contributed by atoms with E-state index in [9.17, 15) is 9.59 Å². The minimum atomic E-state index is -0.158. The van der Waals surface area contributed by atoms with Crippen LogP contribution in [-0.2, 0) is 13.0 Å². The van der Waals surface area contributed by atoms with Gasteiger partial charge in [-0.15, -0.1) is 0 Å². The number of piperazine rings is 1. The molecule has 2 aromatic rings. The van der Waals surface area contributed by atoms with E-state index >= 15 is 0 Å². The summed E-state index contributed by atoms with van der Waals surface area (Å²) in [5.41, 5.74) is 2.14. The zero-order valence-electron chi connectivity index (χ0n) is 16.6. The smallest absolute Gasteiger partial charge is 0.289 e. The molecule has 2 aliphatic heterocycles. The summed E-state index contributed by atoms with van der Waals surface area (Å²) in [6, 6.07) is 9.54. The number of fused-ring (bicyclic) bond motifs is 1. The number of carbonyl (C=O) groups excluding carboxylic acids is 2. The van der Waals surface area contributed by atoms with Gasteiger partial charge in [0.25, 0.3) is 11.8 Å². The third-order valence-electron chi connectivity index (χ3n) is 5.75. The van der Waals surface area contributed by atoms with Crippen molar-refractivity contribution in [3.05, 3.63) is 47.5 Å². The number of hydrogen-bond donors (Lipinski definition) is 0. The van der Waals surface area contributed by atoms with Crippen LogP contribution in [0.1, 0.15) is 39.6 Å². The predicted molar refractivity (Wildman–Crippen MR) is 108 cm³/mol. The third kappa shape index (κ3) is 3.42. The maximum absolute atomic E-state index is 13.2. The first-order valence-electron chi connectivity index (χ1n) is 9.96. The molecular formula is C21H27N5O2. The number of rotatable bonds is 3. The Bertz CT molecular complexity index is 868. The average Bonchev–Trinajstić information content (AvgIpc) is 3.13. The highest BCUT2D eigenvalue weighted by atomic mass is 16.2. The van der Waals surface area contributed by atoms with Gasteiger partial charge in [-0.2, -0.15) is 0 Å². The lowest BCUT2D eigenvalue weighted by Gasteiger charge is -2.32. The summed E-state index contributed by atoms with van der Waals surface area (Å²) in [5.74, 6) is 0.205. The Kier molecular flexibility index (Phi) is 5.17. The van der Waals surface area contributed by atoms with Crippen molar-refractivity contribution in [2.75, 3.05) is 45.2 Å². The van der Waals surface area contributed by atoms with Crippen molar-refractivity contribution < 1.29 is 9.59 Å². The molecule has 0 aliphatic carbocycles. The Morgan fingerprint density at radius 2 is 1.71 bits per heavy atom. The lowest BCUT2D eigenvalue weighted by atomic mass is 10.1. The van der Waals surface area contributed by atoms with Gasteiger partial charge in [-0.25, -0.2) is 4.98 Å². The van der Waals surface area contributed by atoms with Gasteiger partial charge >= 0.3 is 0 Å². The minimum Gasteiger partial charge on any atom is -0.333 e. The Hall–Kier alpha value is -2.67. The van der Waals surface area contributed by atoms with Crippen molar-refractivity contribution in [1.82, 2.24) is 19.4 Å². The Balaban J connectivity index is 1.65. The van der Waals surface area contributed by atoms with Gasteiger partial charge in [0.2, 0.25) is 0 Å². The van der Waals surface area contributed by atoms with Crippen LogP contribution in [0.2, 0.25) is 0 Å². The Labute approximate surface area is 165 Å². The number of anilines is 1. The number of amides is 2. The van der Waals surface area contributed by atoms with Crippen LogP contribution in [0.4, 0.5) is 5.69 Å². The SMILES string of the molecule is CN1CCN(C(=O)c2nc(C(=O)N(C)c3ccccc3)c3n2CCCC3)CC1. The van der Waals surface area contributed by atoms with E-state index in [0.29, 0.717) is 24.6 Å². The average molecular weight is 381 g/mol. The van der Waals surface area contributed by atoms with E-state index in [1.807, 2.05) is 39.8 Å². The molecule has 0 saturated carbocycles. The zero-order chi connectivity index (χ0) is 19.7. The number of hydrogen-bond acceptors (Lipinski definition) is 4. The largest absolute Gasteiger partial charge is 0.333 e. The first-order chi connectivity index (χ1) is 13.6. The molecule has 2 amide bonds. The minimum absolute atomic E-state index is 0.0577. The van der Waals surface area contributed by atoms with Crippen LogP contribution in [-0.4, -0.2) is 71.4 Å². The molecule has 148 valence electrons. The van der Waals surface area contributed by atoms with Gasteiger partial charge in [0.1, 0.15) is 0 Å². The molecule has 1 aromatic carbocycles. The zero-order valence-corrected chi connectivity index (χ0v) is 16.6. The summed E-state index contributed by atoms with van der Waals surface area (Å²) in [7, 11) is 3.82. The summed E-state index contributed by atoms with van der Waals surface area (Å²) in [6.45, 7) is 3.87. The van der Waals surface area contributed by atoms with E-state index in [4.69, 9.17) is 0 Å². The van der Waals surface area contributed by atoms with Gasteiger partial charge in [-0.1, -0.05) is 18.2 Å². The first kappa shape index (κ1) is 18.7. The Morgan fingerprint density at radius 3 is 2.43 bits per heavy atom. The van der Waals surface area contributed by atoms with E-state index < -0.39 is 0 Å².